The number of carbonyl (C=O) groups is 2. The van der Waals surface area contributed by atoms with Crippen LogP contribution in [0.1, 0.15) is 90.9 Å². The molecule has 0 fully saturated rings. The summed E-state index contributed by atoms with van der Waals surface area (Å²) in [6, 6.07) is -0.162. The molecule has 0 rings (SSSR count). The first-order valence-corrected chi connectivity index (χ1v) is 10.0. The highest BCUT2D eigenvalue weighted by molar-refractivity contribution is 5.83. The zero-order valence-corrected chi connectivity index (χ0v) is 16.3. The molecule has 2 N–H and O–H groups in total. The van der Waals surface area contributed by atoms with E-state index in [1.165, 1.54) is 44.9 Å². The third kappa shape index (κ3) is 14.8. The monoisotopic (exact) mass is 340 g/mol. The molecular formula is C20H40N2O2. The highest BCUT2D eigenvalue weighted by Gasteiger charge is 2.13. The van der Waals surface area contributed by atoms with Crippen molar-refractivity contribution in [2.45, 2.75) is 96.9 Å². The fourth-order valence-corrected chi connectivity index (χ4v) is 2.86. The van der Waals surface area contributed by atoms with E-state index in [9.17, 15) is 9.59 Å². The van der Waals surface area contributed by atoms with Crippen LogP contribution in [0.25, 0.3) is 0 Å². The molecule has 4 nitrogen and oxygen atoms in total. The van der Waals surface area contributed by atoms with Crippen molar-refractivity contribution in [3.63, 3.8) is 0 Å². The Bertz CT molecular complexity index is 319. The van der Waals surface area contributed by atoms with Gasteiger partial charge in [-0.2, -0.15) is 0 Å². The molecule has 0 radical (unpaired) electrons. The molecule has 0 saturated carbocycles. The SMILES string of the molecule is CCCCNCCCCCCCCCC(=O)CCC(NC)C(C)=O. The van der Waals surface area contributed by atoms with E-state index >= 15 is 0 Å². The van der Waals surface area contributed by atoms with Gasteiger partial charge in [0.25, 0.3) is 0 Å². The zero-order valence-electron chi connectivity index (χ0n) is 16.3. The minimum Gasteiger partial charge on any atom is -0.317 e. The first-order valence-electron chi connectivity index (χ1n) is 10.0. The van der Waals surface area contributed by atoms with E-state index in [0.29, 0.717) is 25.0 Å². The first kappa shape index (κ1) is 23.3. The van der Waals surface area contributed by atoms with Crippen LogP contribution < -0.4 is 10.6 Å². The van der Waals surface area contributed by atoms with Crippen LogP contribution >= 0.6 is 0 Å². The lowest BCUT2D eigenvalue weighted by Crippen LogP contribution is -2.32. The summed E-state index contributed by atoms with van der Waals surface area (Å²) in [6.07, 6.45) is 13.0. The van der Waals surface area contributed by atoms with Gasteiger partial charge >= 0.3 is 0 Å². The van der Waals surface area contributed by atoms with Crippen LogP contribution in [0.2, 0.25) is 0 Å². The number of hydrogen-bond donors (Lipinski definition) is 2. The van der Waals surface area contributed by atoms with Crippen molar-refractivity contribution in [1.82, 2.24) is 10.6 Å². The van der Waals surface area contributed by atoms with E-state index in [2.05, 4.69) is 17.6 Å². The lowest BCUT2D eigenvalue weighted by atomic mass is 10.0. The van der Waals surface area contributed by atoms with Crippen molar-refractivity contribution in [3.8, 4) is 0 Å². The zero-order chi connectivity index (χ0) is 18.0. The molecule has 0 amide bonds. The molecule has 0 aromatic heterocycles. The molecule has 142 valence electrons. The Morgan fingerprint density at radius 3 is 2.00 bits per heavy atom. The van der Waals surface area contributed by atoms with Gasteiger partial charge in [0.2, 0.25) is 0 Å². The Kier molecular flexibility index (Phi) is 16.6. The van der Waals surface area contributed by atoms with Crippen molar-refractivity contribution in [2.75, 3.05) is 20.1 Å². The summed E-state index contributed by atoms with van der Waals surface area (Å²) in [4.78, 5) is 23.1. The molecule has 0 spiro atoms. The minimum atomic E-state index is -0.162. The summed E-state index contributed by atoms with van der Waals surface area (Å²) in [5.74, 6) is 0.417. The summed E-state index contributed by atoms with van der Waals surface area (Å²) in [7, 11) is 1.78. The van der Waals surface area contributed by atoms with Crippen LogP contribution in [0, 0.1) is 0 Å². The first-order chi connectivity index (χ1) is 11.6. The number of ketones is 2. The van der Waals surface area contributed by atoms with E-state index < -0.39 is 0 Å². The largest absolute Gasteiger partial charge is 0.317 e. The van der Waals surface area contributed by atoms with E-state index in [0.717, 1.165) is 25.9 Å². The molecule has 0 aromatic carbocycles. The standard InChI is InChI=1S/C20H40N2O2/c1-4-5-16-22-17-12-10-8-6-7-9-11-13-19(24)14-15-20(21-3)18(2)23/h20-22H,4-17H2,1-3H3. The third-order valence-electron chi connectivity index (χ3n) is 4.57. The maximum Gasteiger partial charge on any atom is 0.146 e. The van der Waals surface area contributed by atoms with Gasteiger partial charge in [0.05, 0.1) is 6.04 Å². The van der Waals surface area contributed by atoms with Gasteiger partial charge in [-0.25, -0.2) is 0 Å². The average Bonchev–Trinajstić information content (AvgIpc) is 2.56. The fourth-order valence-electron chi connectivity index (χ4n) is 2.86. The number of hydrogen-bond acceptors (Lipinski definition) is 4. The average molecular weight is 341 g/mol. The minimum absolute atomic E-state index is 0.117. The molecule has 0 bridgehead atoms. The van der Waals surface area contributed by atoms with Crippen LogP contribution in [0.15, 0.2) is 0 Å². The predicted molar refractivity (Wildman–Crippen MR) is 102 cm³/mol. The second-order valence-electron chi connectivity index (χ2n) is 6.86. The molecular weight excluding hydrogens is 300 g/mol. The van der Waals surface area contributed by atoms with Crippen LogP contribution in [-0.2, 0) is 9.59 Å². The molecule has 1 unspecified atom stereocenters. The van der Waals surface area contributed by atoms with Crippen LogP contribution in [0.4, 0.5) is 0 Å². The Labute approximate surface area is 149 Å². The molecule has 0 aliphatic heterocycles. The summed E-state index contributed by atoms with van der Waals surface area (Å²) in [5, 5.41) is 6.44. The highest BCUT2D eigenvalue weighted by Crippen LogP contribution is 2.10. The van der Waals surface area contributed by atoms with E-state index in [1.807, 2.05) is 0 Å². The molecule has 4 heteroatoms. The van der Waals surface area contributed by atoms with Gasteiger partial charge in [-0.1, -0.05) is 45.4 Å². The second-order valence-corrected chi connectivity index (χ2v) is 6.86. The van der Waals surface area contributed by atoms with Gasteiger partial charge in [-0.3, -0.25) is 9.59 Å². The molecule has 0 saturated heterocycles. The number of nitrogens with one attached hydrogen (secondary N) is 2. The number of Topliss-reactive ketones (excluding diaryl/α,β-unsaturated/α-hetero) is 2. The van der Waals surface area contributed by atoms with Gasteiger partial charge < -0.3 is 10.6 Å². The lowest BCUT2D eigenvalue weighted by Gasteiger charge is -2.11. The summed E-state index contributed by atoms with van der Waals surface area (Å²) < 4.78 is 0. The normalized spacial score (nSPS) is 12.3. The highest BCUT2D eigenvalue weighted by atomic mass is 16.1. The third-order valence-corrected chi connectivity index (χ3v) is 4.57. The van der Waals surface area contributed by atoms with Crippen molar-refractivity contribution in [3.05, 3.63) is 0 Å². The van der Waals surface area contributed by atoms with Crippen molar-refractivity contribution >= 4 is 11.6 Å². The van der Waals surface area contributed by atoms with E-state index in [-0.39, 0.29) is 11.8 Å². The van der Waals surface area contributed by atoms with Crippen LogP contribution in [-0.4, -0.2) is 37.7 Å². The Balaban J connectivity index is 3.32. The maximum absolute atomic E-state index is 11.8. The molecule has 24 heavy (non-hydrogen) atoms. The van der Waals surface area contributed by atoms with Gasteiger partial charge in [-0.15, -0.1) is 0 Å². The Morgan fingerprint density at radius 1 is 0.833 bits per heavy atom. The molecule has 0 aliphatic carbocycles. The van der Waals surface area contributed by atoms with Crippen molar-refractivity contribution in [1.29, 1.82) is 0 Å². The topological polar surface area (TPSA) is 58.2 Å². The van der Waals surface area contributed by atoms with Gasteiger partial charge in [0, 0.05) is 12.8 Å². The lowest BCUT2D eigenvalue weighted by molar-refractivity contribution is -0.120. The van der Waals surface area contributed by atoms with E-state index in [4.69, 9.17) is 0 Å². The maximum atomic E-state index is 11.8. The summed E-state index contributed by atoms with van der Waals surface area (Å²) >= 11 is 0. The molecule has 0 aromatic rings. The number of rotatable bonds is 18. The fraction of sp³-hybridized carbons (Fsp3) is 0.900. The van der Waals surface area contributed by atoms with Gasteiger partial charge in [-0.05, 0) is 52.7 Å². The number of likely N-dealkylation sites (N-methyl/N-ethyl adjacent to an activating group) is 1. The smallest absolute Gasteiger partial charge is 0.146 e. The van der Waals surface area contributed by atoms with Crippen LogP contribution in [0.5, 0.6) is 0 Å². The number of unbranched alkanes of at least 4 members (excludes halogenated alkanes) is 7. The summed E-state index contributed by atoms with van der Waals surface area (Å²) in [5.41, 5.74) is 0. The van der Waals surface area contributed by atoms with Crippen molar-refractivity contribution in [2.24, 2.45) is 0 Å². The van der Waals surface area contributed by atoms with Gasteiger partial charge in [0.15, 0.2) is 0 Å². The van der Waals surface area contributed by atoms with Crippen LogP contribution in [0.3, 0.4) is 0 Å². The Morgan fingerprint density at radius 2 is 1.42 bits per heavy atom. The molecule has 0 aliphatic rings. The summed E-state index contributed by atoms with van der Waals surface area (Å²) in [6.45, 7) is 6.11. The predicted octanol–water partition coefficient (Wildman–Crippen LogP) is 4.02. The quantitative estimate of drug-likeness (QED) is 0.370. The number of carbonyl (C=O) groups excluding carboxylic acids is 2. The second kappa shape index (κ2) is 17.1. The van der Waals surface area contributed by atoms with Crippen molar-refractivity contribution < 1.29 is 9.59 Å². The molecule has 0 heterocycles. The van der Waals surface area contributed by atoms with Gasteiger partial charge in [0.1, 0.15) is 11.6 Å². The molecule has 1 atom stereocenters. The van der Waals surface area contributed by atoms with E-state index in [1.54, 1.807) is 14.0 Å². The Hall–Kier alpha value is -0.740.